The molecule has 8 nitrogen and oxygen atoms in total. The van der Waals surface area contributed by atoms with Crippen molar-refractivity contribution >= 4 is 18.0 Å². The zero-order valence-corrected chi connectivity index (χ0v) is 20.3. The van der Waals surface area contributed by atoms with Crippen LogP contribution in [0.1, 0.15) is 50.2 Å². The summed E-state index contributed by atoms with van der Waals surface area (Å²) in [6.07, 6.45) is 0.457. The number of alkyl carbamates (subject to hydrolysis) is 1. The van der Waals surface area contributed by atoms with E-state index in [4.69, 9.17) is 9.47 Å². The largest absolute Gasteiger partial charge is 0.480 e. The van der Waals surface area contributed by atoms with Crippen LogP contribution in [0.25, 0.3) is 11.1 Å². The van der Waals surface area contributed by atoms with E-state index in [1.54, 1.807) is 0 Å². The van der Waals surface area contributed by atoms with Crippen LogP contribution in [-0.4, -0.2) is 65.9 Å². The fraction of sp³-hybridized carbons (Fsp3) is 0.444. The lowest BCUT2D eigenvalue weighted by Crippen LogP contribution is -2.54. The van der Waals surface area contributed by atoms with E-state index in [0.29, 0.717) is 19.4 Å². The minimum Gasteiger partial charge on any atom is -0.480 e. The molecule has 8 heteroatoms. The number of ether oxygens (including phenoxy) is 2. The van der Waals surface area contributed by atoms with Gasteiger partial charge in [-0.2, -0.15) is 0 Å². The molecule has 1 aliphatic carbocycles. The molecule has 2 aromatic carbocycles. The van der Waals surface area contributed by atoms with E-state index in [1.165, 1.54) is 12.0 Å². The summed E-state index contributed by atoms with van der Waals surface area (Å²) in [7, 11) is 1.53. The van der Waals surface area contributed by atoms with Crippen molar-refractivity contribution in [3.8, 4) is 11.1 Å². The molecule has 1 aliphatic heterocycles. The van der Waals surface area contributed by atoms with E-state index in [-0.39, 0.29) is 18.9 Å². The number of benzene rings is 2. The molecule has 0 aromatic heterocycles. The van der Waals surface area contributed by atoms with Gasteiger partial charge in [0.15, 0.2) is 0 Å². The number of carboxylic acid groups (broad SMARTS) is 1. The van der Waals surface area contributed by atoms with Gasteiger partial charge in [-0.05, 0) is 48.9 Å². The molecule has 4 rings (SSSR count). The lowest BCUT2D eigenvalue weighted by atomic mass is 9.97. The van der Waals surface area contributed by atoms with Gasteiger partial charge in [-0.1, -0.05) is 48.5 Å². The lowest BCUT2D eigenvalue weighted by molar-refractivity contribution is -0.149. The third kappa shape index (κ3) is 5.17. The van der Waals surface area contributed by atoms with E-state index < -0.39 is 35.7 Å². The van der Waals surface area contributed by atoms with Crippen LogP contribution in [0.3, 0.4) is 0 Å². The minimum atomic E-state index is -1.04. The van der Waals surface area contributed by atoms with Crippen LogP contribution in [-0.2, 0) is 19.1 Å². The van der Waals surface area contributed by atoms with Gasteiger partial charge in [-0.25, -0.2) is 9.59 Å². The van der Waals surface area contributed by atoms with Crippen molar-refractivity contribution in [3.63, 3.8) is 0 Å². The molecule has 35 heavy (non-hydrogen) atoms. The molecule has 1 fully saturated rings. The maximum absolute atomic E-state index is 13.3. The van der Waals surface area contributed by atoms with E-state index in [0.717, 1.165) is 22.3 Å². The van der Waals surface area contributed by atoms with Gasteiger partial charge in [-0.15, -0.1) is 0 Å². The molecule has 0 radical (unpaired) electrons. The second-order valence-electron chi connectivity index (χ2n) is 9.72. The normalized spacial score (nSPS) is 18.0. The van der Waals surface area contributed by atoms with Gasteiger partial charge in [0.05, 0.1) is 5.60 Å². The first-order valence-electron chi connectivity index (χ1n) is 11.9. The standard InChI is InChI=1S/C27H32N2O6/c1-27(2,34-3)15-22(24(30)29-14-8-13-23(29)25(31)32)28-26(33)35-16-21-19-11-6-4-9-17(19)18-10-5-7-12-20(18)21/h4-7,9-12,21-23H,8,13-16H2,1-3H3,(H,28,33)(H,31,32). The fourth-order valence-electron chi connectivity index (χ4n) is 5.04. The van der Waals surface area contributed by atoms with Crippen molar-refractivity contribution in [2.45, 2.75) is 56.7 Å². The number of carboxylic acids is 1. The summed E-state index contributed by atoms with van der Waals surface area (Å²) in [5, 5.41) is 12.2. The molecule has 1 saturated heterocycles. The first-order valence-corrected chi connectivity index (χ1v) is 11.9. The van der Waals surface area contributed by atoms with Crippen molar-refractivity contribution in [1.82, 2.24) is 10.2 Å². The van der Waals surface area contributed by atoms with E-state index in [2.05, 4.69) is 17.4 Å². The Balaban J connectivity index is 1.48. The summed E-state index contributed by atoms with van der Waals surface area (Å²) in [4.78, 5) is 39.2. The Morgan fingerprint density at radius 2 is 1.69 bits per heavy atom. The Morgan fingerprint density at radius 3 is 2.26 bits per heavy atom. The van der Waals surface area contributed by atoms with Crippen LogP contribution in [0.5, 0.6) is 0 Å². The molecule has 1 heterocycles. The van der Waals surface area contributed by atoms with Crippen LogP contribution in [0.2, 0.25) is 0 Å². The van der Waals surface area contributed by atoms with E-state index >= 15 is 0 Å². The van der Waals surface area contributed by atoms with Crippen LogP contribution in [0.4, 0.5) is 4.79 Å². The maximum Gasteiger partial charge on any atom is 0.407 e. The molecule has 2 aromatic rings. The number of methoxy groups -OCH3 is 1. The molecule has 2 unspecified atom stereocenters. The highest BCUT2D eigenvalue weighted by Gasteiger charge is 2.40. The Hall–Kier alpha value is -3.39. The second-order valence-corrected chi connectivity index (χ2v) is 9.72. The summed E-state index contributed by atoms with van der Waals surface area (Å²) in [5.41, 5.74) is 3.73. The Labute approximate surface area is 205 Å². The lowest BCUT2D eigenvalue weighted by Gasteiger charge is -2.32. The predicted molar refractivity (Wildman–Crippen MR) is 130 cm³/mol. The molecule has 2 amide bonds. The topological polar surface area (TPSA) is 105 Å². The molecule has 2 aliphatic rings. The van der Waals surface area contributed by atoms with Gasteiger partial charge in [-0.3, -0.25) is 4.79 Å². The SMILES string of the molecule is COC(C)(C)CC(NC(=O)OCC1c2ccccc2-c2ccccc21)C(=O)N1CCCC1C(=O)O. The summed E-state index contributed by atoms with van der Waals surface area (Å²) in [5.74, 6) is -1.58. The van der Waals surface area contributed by atoms with Gasteiger partial charge < -0.3 is 24.8 Å². The molecular weight excluding hydrogens is 448 g/mol. The summed E-state index contributed by atoms with van der Waals surface area (Å²) in [6.45, 7) is 4.08. The van der Waals surface area contributed by atoms with Crippen molar-refractivity contribution in [3.05, 3.63) is 59.7 Å². The number of carbonyl (C=O) groups excluding carboxylic acids is 2. The number of hydrogen-bond donors (Lipinski definition) is 2. The Morgan fingerprint density at radius 1 is 1.09 bits per heavy atom. The van der Waals surface area contributed by atoms with Crippen molar-refractivity contribution < 1.29 is 29.0 Å². The third-order valence-corrected chi connectivity index (χ3v) is 7.00. The minimum absolute atomic E-state index is 0.104. The van der Waals surface area contributed by atoms with Crippen molar-refractivity contribution in [1.29, 1.82) is 0 Å². The molecule has 2 N–H and O–H groups in total. The number of hydrogen-bond acceptors (Lipinski definition) is 5. The van der Waals surface area contributed by atoms with E-state index in [1.807, 2.05) is 50.2 Å². The predicted octanol–water partition coefficient (Wildman–Crippen LogP) is 3.78. The highest BCUT2D eigenvalue weighted by atomic mass is 16.5. The number of rotatable bonds is 8. The van der Waals surface area contributed by atoms with Crippen molar-refractivity contribution in [2.24, 2.45) is 0 Å². The smallest absolute Gasteiger partial charge is 0.407 e. The van der Waals surface area contributed by atoms with Crippen LogP contribution in [0.15, 0.2) is 48.5 Å². The van der Waals surface area contributed by atoms with Crippen LogP contribution in [0, 0.1) is 0 Å². The first kappa shape index (κ1) is 24.7. The molecule has 0 bridgehead atoms. The van der Waals surface area contributed by atoms with Gasteiger partial charge in [0.2, 0.25) is 5.91 Å². The molecule has 0 saturated carbocycles. The third-order valence-electron chi connectivity index (χ3n) is 7.00. The van der Waals surface area contributed by atoms with Gasteiger partial charge in [0.1, 0.15) is 18.7 Å². The number of fused-ring (bicyclic) bond motifs is 3. The first-order chi connectivity index (χ1) is 16.7. The van der Waals surface area contributed by atoms with Gasteiger partial charge in [0.25, 0.3) is 0 Å². The number of aliphatic carboxylic acids is 1. The molecule has 186 valence electrons. The quantitative estimate of drug-likeness (QED) is 0.596. The summed E-state index contributed by atoms with van der Waals surface area (Å²) >= 11 is 0. The van der Waals surface area contributed by atoms with Crippen LogP contribution < -0.4 is 5.32 Å². The van der Waals surface area contributed by atoms with E-state index in [9.17, 15) is 19.5 Å². The summed E-state index contributed by atoms with van der Waals surface area (Å²) in [6, 6.07) is 14.2. The molecular formula is C27H32N2O6. The number of nitrogens with one attached hydrogen (secondary N) is 1. The Kier molecular flexibility index (Phi) is 7.12. The van der Waals surface area contributed by atoms with Gasteiger partial charge >= 0.3 is 12.1 Å². The maximum atomic E-state index is 13.3. The fourth-order valence-corrected chi connectivity index (χ4v) is 5.04. The highest BCUT2D eigenvalue weighted by Crippen LogP contribution is 2.44. The number of carbonyl (C=O) groups is 3. The number of amides is 2. The monoisotopic (exact) mass is 480 g/mol. The summed E-state index contributed by atoms with van der Waals surface area (Å²) < 4.78 is 11.1. The molecule has 0 spiro atoms. The zero-order chi connectivity index (χ0) is 25.2. The van der Waals surface area contributed by atoms with Crippen LogP contribution >= 0.6 is 0 Å². The second kappa shape index (κ2) is 10.1. The number of likely N-dealkylation sites (tertiary alicyclic amines) is 1. The van der Waals surface area contributed by atoms with Crippen molar-refractivity contribution in [2.75, 3.05) is 20.3 Å². The number of nitrogens with zero attached hydrogens (tertiary/aromatic N) is 1. The average Bonchev–Trinajstić information content (AvgIpc) is 3.45. The highest BCUT2D eigenvalue weighted by molar-refractivity contribution is 5.90. The average molecular weight is 481 g/mol. The molecule has 2 atom stereocenters. The van der Waals surface area contributed by atoms with Gasteiger partial charge in [0, 0.05) is 26.0 Å². The zero-order valence-electron chi connectivity index (χ0n) is 20.3. The Bertz CT molecular complexity index is 1070.